The minimum Gasteiger partial charge on any atom is -0.325 e. The third-order valence-corrected chi connectivity index (χ3v) is 8.62. The van der Waals surface area contributed by atoms with Crippen molar-refractivity contribution in [2.24, 2.45) is 0 Å². The quantitative estimate of drug-likeness (QED) is 0.772. The molecule has 0 N–H and O–H groups in total. The Balaban J connectivity index is 2.38. The highest BCUT2D eigenvalue weighted by molar-refractivity contribution is 8.67. The monoisotopic (exact) mass is 350 g/mol. The molecule has 0 unspecified atom stereocenters. The van der Waals surface area contributed by atoms with Crippen LogP contribution in [0.1, 0.15) is 5.69 Å². The molecule has 0 amide bonds. The lowest BCUT2D eigenvalue weighted by Crippen LogP contribution is -2.17. The molecular weight excluding hydrogens is 339 g/mol. The first kappa shape index (κ1) is 15.9. The molecule has 0 spiro atoms. The van der Waals surface area contributed by atoms with E-state index >= 15 is 0 Å². The highest BCUT2D eigenvalue weighted by Gasteiger charge is 2.19. The van der Waals surface area contributed by atoms with Crippen LogP contribution < -0.4 is 5.56 Å². The number of aromatic nitrogens is 2. The fourth-order valence-corrected chi connectivity index (χ4v) is 4.61. The molecule has 9 heteroatoms. The van der Waals surface area contributed by atoms with Gasteiger partial charge >= 0.3 is 0 Å². The van der Waals surface area contributed by atoms with Crippen LogP contribution in [0.5, 0.6) is 0 Å². The largest absolute Gasteiger partial charge is 0.325 e. The third kappa shape index (κ3) is 3.24. The van der Waals surface area contributed by atoms with Crippen molar-refractivity contribution < 1.29 is 9.05 Å². The number of hydrogen-bond acceptors (Lipinski definition) is 6. The highest BCUT2D eigenvalue weighted by atomic mass is 35.5. The number of halogens is 1. The summed E-state index contributed by atoms with van der Waals surface area (Å²) < 4.78 is 11.8. The molecule has 0 fully saturated rings. The number of nitrogens with zero attached hydrogens (tertiary/aromatic N) is 2. The number of hydrogen-bond donors (Lipinski definition) is 0. The maximum Gasteiger partial charge on any atom is 0.276 e. The smallest absolute Gasteiger partial charge is 0.276 e. The van der Waals surface area contributed by atoms with Gasteiger partial charge in [-0.1, -0.05) is 29.0 Å². The average molecular weight is 351 g/mol. The molecule has 20 heavy (non-hydrogen) atoms. The van der Waals surface area contributed by atoms with E-state index in [-0.39, 0.29) is 10.6 Å². The van der Waals surface area contributed by atoms with Gasteiger partial charge in [-0.25, -0.2) is 4.98 Å². The van der Waals surface area contributed by atoms with Crippen LogP contribution in [0.3, 0.4) is 0 Å². The van der Waals surface area contributed by atoms with E-state index in [0.717, 1.165) is 0 Å². The van der Waals surface area contributed by atoms with E-state index in [4.69, 9.17) is 32.5 Å². The maximum atomic E-state index is 12.1. The minimum absolute atomic E-state index is 0.0926. The lowest BCUT2D eigenvalue weighted by atomic mass is 10.4. The molecule has 0 radical (unpaired) electrons. The van der Waals surface area contributed by atoms with Crippen LogP contribution in [0.2, 0.25) is 5.02 Å². The van der Waals surface area contributed by atoms with Crippen LogP contribution in [0, 0.1) is 0 Å². The Kier molecular flexibility index (Phi) is 5.23. The van der Waals surface area contributed by atoms with Gasteiger partial charge in [0.2, 0.25) is 5.69 Å². The molecule has 2 heterocycles. The lowest BCUT2D eigenvalue weighted by molar-refractivity contribution is 0.354. The molecule has 2 aromatic rings. The SMILES string of the molecule is COP(=S)(OC)SCc1nc2ccccn2c(=O)c1Cl. The van der Waals surface area contributed by atoms with E-state index in [9.17, 15) is 4.79 Å². The van der Waals surface area contributed by atoms with Crippen molar-refractivity contribution in [2.75, 3.05) is 14.2 Å². The topological polar surface area (TPSA) is 52.8 Å². The molecule has 0 aliphatic rings. The molecule has 0 aliphatic carbocycles. The molecule has 0 saturated carbocycles. The Morgan fingerprint density at radius 1 is 1.45 bits per heavy atom. The minimum atomic E-state index is -2.40. The van der Waals surface area contributed by atoms with Crippen molar-refractivity contribution in [1.82, 2.24) is 9.38 Å². The van der Waals surface area contributed by atoms with Crippen molar-refractivity contribution >= 4 is 46.1 Å². The summed E-state index contributed by atoms with van der Waals surface area (Å²) in [5.74, 6) is 0.360. The van der Waals surface area contributed by atoms with Gasteiger partial charge in [0.05, 0.1) is 5.69 Å². The normalized spacial score (nSPS) is 11.9. The van der Waals surface area contributed by atoms with Crippen LogP contribution in [-0.4, -0.2) is 23.6 Å². The molecule has 5 nitrogen and oxygen atoms in total. The van der Waals surface area contributed by atoms with Crippen LogP contribution in [0.4, 0.5) is 0 Å². The van der Waals surface area contributed by atoms with E-state index in [1.165, 1.54) is 30.0 Å². The van der Waals surface area contributed by atoms with E-state index < -0.39 is 5.69 Å². The summed E-state index contributed by atoms with van der Waals surface area (Å²) in [5, 5.41) is 0.0926. The second-order valence-electron chi connectivity index (χ2n) is 3.69. The number of fused-ring (bicyclic) bond motifs is 1. The van der Waals surface area contributed by atoms with E-state index in [2.05, 4.69) is 4.98 Å². The Hall–Kier alpha value is -0.430. The first-order valence-corrected chi connectivity index (χ1v) is 10.1. The predicted octanol–water partition coefficient (Wildman–Crippen LogP) is 3.10. The standard InChI is InChI=1S/C11H12ClN2O3PS2/c1-16-18(19,17-2)20-7-8-10(12)11(15)14-6-4-3-5-9(14)13-8/h3-6H,7H2,1-2H3. The van der Waals surface area contributed by atoms with Crippen LogP contribution >= 0.6 is 28.7 Å². The van der Waals surface area contributed by atoms with Gasteiger partial charge in [0.15, 0.2) is 0 Å². The van der Waals surface area contributed by atoms with Crippen molar-refractivity contribution in [3.63, 3.8) is 0 Å². The fraction of sp³-hybridized carbons (Fsp3) is 0.273. The van der Waals surface area contributed by atoms with Gasteiger partial charge in [-0.3, -0.25) is 9.20 Å². The van der Waals surface area contributed by atoms with Gasteiger partial charge in [0.25, 0.3) is 5.56 Å². The van der Waals surface area contributed by atoms with E-state index in [0.29, 0.717) is 17.1 Å². The van der Waals surface area contributed by atoms with Gasteiger partial charge in [0.1, 0.15) is 10.7 Å². The Labute approximate surface area is 130 Å². The van der Waals surface area contributed by atoms with E-state index in [1.807, 2.05) is 0 Å². The van der Waals surface area contributed by atoms with Gasteiger partial charge < -0.3 is 9.05 Å². The van der Waals surface area contributed by atoms with Gasteiger partial charge in [-0.2, -0.15) is 0 Å². The molecular formula is C11H12ClN2O3PS2. The molecule has 0 bridgehead atoms. The Morgan fingerprint density at radius 2 is 2.15 bits per heavy atom. The summed E-state index contributed by atoms with van der Waals surface area (Å²) in [7, 11) is 3.00. The zero-order chi connectivity index (χ0) is 14.8. The second-order valence-corrected chi connectivity index (χ2v) is 10.6. The lowest BCUT2D eigenvalue weighted by Gasteiger charge is -2.16. The van der Waals surface area contributed by atoms with Crippen molar-refractivity contribution in [2.45, 2.75) is 5.75 Å². The predicted molar refractivity (Wildman–Crippen MR) is 86.1 cm³/mol. The summed E-state index contributed by atoms with van der Waals surface area (Å²) in [5.41, 5.74) is -1.67. The van der Waals surface area contributed by atoms with Gasteiger partial charge in [-0.05, 0) is 23.9 Å². The summed E-state index contributed by atoms with van der Waals surface area (Å²) >= 11 is 12.6. The third-order valence-electron chi connectivity index (χ3n) is 2.55. The van der Waals surface area contributed by atoms with Gasteiger partial charge in [0, 0.05) is 26.2 Å². The number of rotatable bonds is 5. The van der Waals surface area contributed by atoms with E-state index in [1.54, 1.807) is 24.4 Å². The second kappa shape index (κ2) is 6.56. The molecule has 0 aliphatic heterocycles. The van der Waals surface area contributed by atoms with Crippen LogP contribution in [0.15, 0.2) is 29.2 Å². The zero-order valence-electron chi connectivity index (χ0n) is 10.8. The number of pyridine rings is 1. The maximum absolute atomic E-state index is 12.1. The average Bonchev–Trinajstić information content (AvgIpc) is 2.49. The highest BCUT2D eigenvalue weighted by Crippen LogP contribution is 2.60. The molecule has 108 valence electrons. The molecule has 0 atom stereocenters. The first-order chi connectivity index (χ1) is 9.50. The van der Waals surface area contributed by atoms with Gasteiger partial charge in [-0.15, -0.1) is 0 Å². The first-order valence-electron chi connectivity index (χ1n) is 5.52. The zero-order valence-corrected chi connectivity index (χ0v) is 14.1. The van der Waals surface area contributed by atoms with Crippen LogP contribution in [-0.2, 0) is 26.6 Å². The van der Waals surface area contributed by atoms with Crippen molar-refractivity contribution in [1.29, 1.82) is 0 Å². The summed E-state index contributed by atoms with van der Waals surface area (Å²) in [6, 6.07) is 5.30. The van der Waals surface area contributed by atoms with Crippen molar-refractivity contribution in [3.05, 3.63) is 45.5 Å². The molecule has 0 aromatic carbocycles. The summed E-state index contributed by atoms with van der Waals surface area (Å²) in [4.78, 5) is 16.5. The Morgan fingerprint density at radius 3 is 2.80 bits per heavy atom. The molecule has 0 saturated heterocycles. The fourth-order valence-electron chi connectivity index (χ4n) is 1.53. The van der Waals surface area contributed by atoms with Crippen LogP contribution in [0.25, 0.3) is 5.65 Å². The molecule has 2 aromatic heterocycles. The summed E-state index contributed by atoms with van der Waals surface area (Å²) in [6.07, 6.45) is 1.63. The molecule has 2 rings (SSSR count). The Bertz CT molecular complexity index is 729. The van der Waals surface area contributed by atoms with Crippen molar-refractivity contribution in [3.8, 4) is 0 Å². The summed E-state index contributed by atoms with van der Waals surface area (Å²) in [6.45, 7) is 0.